The molecule has 1 aliphatic rings. The van der Waals surface area contributed by atoms with Crippen molar-refractivity contribution in [3.8, 4) is 0 Å². The van der Waals surface area contributed by atoms with Crippen LogP contribution in [0.3, 0.4) is 0 Å². The third-order valence-electron chi connectivity index (χ3n) is 2.88. The van der Waals surface area contributed by atoms with Crippen LogP contribution in [0.15, 0.2) is 22.8 Å². The Bertz CT molecular complexity index is 312. The Hall–Kier alpha value is -0.610. The molecule has 1 aliphatic carbocycles. The summed E-state index contributed by atoms with van der Waals surface area (Å²) in [6.45, 7) is 0. The van der Waals surface area contributed by atoms with Crippen LogP contribution in [0.1, 0.15) is 25.7 Å². The van der Waals surface area contributed by atoms with E-state index in [9.17, 15) is 0 Å². The van der Waals surface area contributed by atoms with E-state index in [-0.39, 0.29) is 6.04 Å². The lowest BCUT2D eigenvalue weighted by atomic mass is 9.91. The number of anilines is 1. The van der Waals surface area contributed by atoms with E-state index >= 15 is 0 Å². The van der Waals surface area contributed by atoms with Gasteiger partial charge >= 0.3 is 0 Å². The van der Waals surface area contributed by atoms with E-state index < -0.39 is 0 Å². The maximum Gasteiger partial charge on any atom is 0.126 e. The van der Waals surface area contributed by atoms with Crippen molar-refractivity contribution in [3.05, 3.63) is 22.8 Å². The Labute approximate surface area is 98.6 Å². The van der Waals surface area contributed by atoms with Crippen LogP contribution in [0.5, 0.6) is 0 Å². The summed E-state index contributed by atoms with van der Waals surface area (Å²) in [5, 5.41) is 3.40. The number of halogens is 1. The summed E-state index contributed by atoms with van der Waals surface area (Å²) in [5.74, 6) is 0.917. The molecule has 0 aliphatic heterocycles. The van der Waals surface area contributed by atoms with E-state index in [4.69, 9.17) is 5.73 Å². The predicted octanol–water partition coefficient (Wildman–Crippen LogP) is 2.53. The molecule has 1 saturated carbocycles. The number of nitrogens with zero attached hydrogens (tertiary/aromatic N) is 1. The Balaban J connectivity index is 1.98. The number of hydrogen-bond acceptors (Lipinski definition) is 3. The zero-order valence-electron chi connectivity index (χ0n) is 8.62. The molecular weight excluding hydrogens is 254 g/mol. The fraction of sp³-hybridized carbons (Fsp3) is 0.545. The monoisotopic (exact) mass is 269 g/mol. The highest BCUT2D eigenvalue weighted by Gasteiger charge is 2.21. The number of pyridine rings is 1. The van der Waals surface area contributed by atoms with Crippen LogP contribution in [0.25, 0.3) is 0 Å². The molecule has 3 nitrogen and oxygen atoms in total. The van der Waals surface area contributed by atoms with E-state index in [1.807, 2.05) is 12.1 Å². The van der Waals surface area contributed by atoms with Crippen molar-refractivity contribution in [1.82, 2.24) is 4.98 Å². The standard InChI is InChI=1S/C11H16BrN3/c12-8-5-6-11(14-7-8)15-10-4-2-1-3-9(10)13/h5-7,9-10H,1-4,13H2,(H,14,15). The molecule has 1 aromatic heterocycles. The highest BCUT2D eigenvalue weighted by molar-refractivity contribution is 9.10. The predicted molar refractivity (Wildman–Crippen MR) is 65.8 cm³/mol. The molecule has 0 saturated heterocycles. The smallest absolute Gasteiger partial charge is 0.126 e. The summed E-state index contributed by atoms with van der Waals surface area (Å²) in [5.41, 5.74) is 6.06. The number of hydrogen-bond donors (Lipinski definition) is 2. The van der Waals surface area contributed by atoms with Gasteiger partial charge in [-0.05, 0) is 40.9 Å². The van der Waals surface area contributed by atoms with Crippen LogP contribution in [0.4, 0.5) is 5.82 Å². The first-order valence-corrected chi connectivity index (χ1v) is 6.18. The molecule has 1 aromatic rings. The molecular formula is C11H16BrN3. The Morgan fingerprint density at radius 1 is 1.33 bits per heavy atom. The minimum atomic E-state index is 0.268. The normalized spacial score (nSPS) is 26.3. The molecule has 3 N–H and O–H groups in total. The quantitative estimate of drug-likeness (QED) is 0.868. The van der Waals surface area contributed by atoms with Gasteiger partial charge in [-0.2, -0.15) is 0 Å². The highest BCUT2D eigenvalue weighted by atomic mass is 79.9. The first-order chi connectivity index (χ1) is 7.25. The lowest BCUT2D eigenvalue weighted by Crippen LogP contribution is -2.42. The van der Waals surface area contributed by atoms with Crippen LogP contribution in [-0.2, 0) is 0 Å². The molecule has 2 rings (SSSR count). The van der Waals surface area contributed by atoms with Crippen molar-refractivity contribution < 1.29 is 0 Å². The van der Waals surface area contributed by atoms with Gasteiger partial charge in [0.05, 0.1) is 0 Å². The fourth-order valence-electron chi connectivity index (χ4n) is 1.99. The van der Waals surface area contributed by atoms with E-state index in [0.717, 1.165) is 23.1 Å². The second kappa shape index (κ2) is 4.94. The molecule has 0 amide bonds. The first-order valence-electron chi connectivity index (χ1n) is 5.39. The van der Waals surface area contributed by atoms with Crippen LogP contribution in [0, 0.1) is 0 Å². The lowest BCUT2D eigenvalue weighted by molar-refractivity contribution is 0.403. The number of aromatic nitrogens is 1. The average molecular weight is 270 g/mol. The van der Waals surface area contributed by atoms with Crippen LogP contribution in [-0.4, -0.2) is 17.1 Å². The van der Waals surface area contributed by atoms with Gasteiger partial charge in [0.1, 0.15) is 5.82 Å². The van der Waals surface area contributed by atoms with E-state index in [1.54, 1.807) is 6.20 Å². The molecule has 82 valence electrons. The maximum atomic E-state index is 6.06. The second-order valence-electron chi connectivity index (χ2n) is 4.06. The first kappa shape index (κ1) is 10.9. The summed E-state index contributed by atoms with van der Waals surface area (Å²) in [7, 11) is 0. The number of nitrogens with two attached hydrogens (primary N) is 1. The molecule has 2 atom stereocenters. The number of rotatable bonds is 2. The maximum absolute atomic E-state index is 6.06. The highest BCUT2D eigenvalue weighted by Crippen LogP contribution is 2.20. The largest absolute Gasteiger partial charge is 0.366 e. The van der Waals surface area contributed by atoms with Crippen molar-refractivity contribution in [2.45, 2.75) is 37.8 Å². The zero-order valence-corrected chi connectivity index (χ0v) is 10.2. The zero-order chi connectivity index (χ0) is 10.7. The van der Waals surface area contributed by atoms with Gasteiger partial charge in [-0.1, -0.05) is 12.8 Å². The summed E-state index contributed by atoms with van der Waals surface area (Å²) < 4.78 is 1.00. The van der Waals surface area contributed by atoms with Gasteiger partial charge in [0.25, 0.3) is 0 Å². The van der Waals surface area contributed by atoms with Crippen molar-refractivity contribution in [1.29, 1.82) is 0 Å². The van der Waals surface area contributed by atoms with Crippen molar-refractivity contribution >= 4 is 21.7 Å². The van der Waals surface area contributed by atoms with Gasteiger partial charge < -0.3 is 11.1 Å². The van der Waals surface area contributed by atoms with Crippen molar-refractivity contribution in [3.63, 3.8) is 0 Å². The van der Waals surface area contributed by atoms with Crippen LogP contribution < -0.4 is 11.1 Å². The topological polar surface area (TPSA) is 50.9 Å². The lowest BCUT2D eigenvalue weighted by Gasteiger charge is -2.29. The van der Waals surface area contributed by atoms with Gasteiger partial charge in [0, 0.05) is 22.8 Å². The summed E-state index contributed by atoms with van der Waals surface area (Å²) >= 11 is 3.37. The van der Waals surface area contributed by atoms with Gasteiger partial charge in [0.15, 0.2) is 0 Å². The van der Waals surface area contributed by atoms with E-state index in [2.05, 4.69) is 26.2 Å². The van der Waals surface area contributed by atoms with Gasteiger partial charge in [0.2, 0.25) is 0 Å². The minimum absolute atomic E-state index is 0.268. The van der Waals surface area contributed by atoms with Gasteiger partial charge in [-0.15, -0.1) is 0 Å². The van der Waals surface area contributed by atoms with E-state index in [0.29, 0.717) is 6.04 Å². The Kier molecular flexibility index (Phi) is 3.59. The molecule has 0 aromatic carbocycles. The molecule has 0 spiro atoms. The Morgan fingerprint density at radius 2 is 2.13 bits per heavy atom. The van der Waals surface area contributed by atoms with Crippen LogP contribution in [0.2, 0.25) is 0 Å². The van der Waals surface area contributed by atoms with Gasteiger partial charge in [-0.25, -0.2) is 4.98 Å². The number of nitrogens with one attached hydrogen (secondary N) is 1. The molecule has 4 heteroatoms. The van der Waals surface area contributed by atoms with Crippen LogP contribution >= 0.6 is 15.9 Å². The molecule has 0 bridgehead atoms. The summed E-state index contributed by atoms with van der Waals surface area (Å²) in [6.07, 6.45) is 6.60. The van der Waals surface area contributed by atoms with Gasteiger partial charge in [-0.3, -0.25) is 0 Å². The van der Waals surface area contributed by atoms with Crippen molar-refractivity contribution in [2.24, 2.45) is 5.73 Å². The molecule has 1 fully saturated rings. The summed E-state index contributed by atoms with van der Waals surface area (Å²) in [6, 6.07) is 4.62. The second-order valence-corrected chi connectivity index (χ2v) is 4.98. The van der Waals surface area contributed by atoms with Crippen molar-refractivity contribution in [2.75, 3.05) is 5.32 Å². The average Bonchev–Trinajstić information content (AvgIpc) is 2.25. The minimum Gasteiger partial charge on any atom is -0.366 e. The Morgan fingerprint density at radius 3 is 2.80 bits per heavy atom. The molecule has 2 unspecified atom stereocenters. The third-order valence-corrected chi connectivity index (χ3v) is 3.35. The van der Waals surface area contributed by atoms with E-state index in [1.165, 1.54) is 12.8 Å². The molecule has 0 radical (unpaired) electrons. The molecule has 15 heavy (non-hydrogen) atoms. The third kappa shape index (κ3) is 2.92. The molecule has 1 heterocycles. The summed E-state index contributed by atoms with van der Waals surface area (Å²) in [4.78, 5) is 4.29. The SMILES string of the molecule is NC1CCCCC1Nc1ccc(Br)cn1. The fourth-order valence-corrected chi connectivity index (χ4v) is 2.22.